The summed E-state index contributed by atoms with van der Waals surface area (Å²) in [6.07, 6.45) is 2.41. The second kappa shape index (κ2) is 8.18. The third kappa shape index (κ3) is 5.88. The quantitative estimate of drug-likeness (QED) is 0.236. The third-order valence-corrected chi connectivity index (χ3v) is 5.34. The zero-order chi connectivity index (χ0) is 19.3. The van der Waals surface area contributed by atoms with Crippen molar-refractivity contribution in [2.75, 3.05) is 0 Å². The van der Waals surface area contributed by atoms with E-state index in [4.69, 9.17) is 14.6 Å². The van der Waals surface area contributed by atoms with Crippen molar-refractivity contribution >= 4 is 32.0 Å². The van der Waals surface area contributed by atoms with Gasteiger partial charge in [0.1, 0.15) is 0 Å². The molecule has 24 heavy (non-hydrogen) atoms. The molecule has 0 saturated carbocycles. The Kier molecular flexibility index (Phi) is 7.49. The molecule has 0 heterocycles. The fourth-order valence-electron chi connectivity index (χ4n) is 1.99. The van der Waals surface area contributed by atoms with Crippen molar-refractivity contribution in [3.8, 4) is 0 Å². The number of allylic oxidation sites excluding steroid dienone is 2. The summed E-state index contributed by atoms with van der Waals surface area (Å²) in [6, 6.07) is 0. The number of aliphatic hydroxyl groups excluding tert-OH is 1. The van der Waals surface area contributed by atoms with Crippen molar-refractivity contribution < 1.29 is 41.3 Å². The van der Waals surface area contributed by atoms with E-state index in [2.05, 4.69) is 5.32 Å². The first-order valence-electron chi connectivity index (χ1n) is 6.55. The number of carboxylic acids is 1. The van der Waals surface area contributed by atoms with Crippen LogP contribution in [0, 0.1) is 0 Å². The standard InChI is InChI=1S/C11H16AsNO7.C2H4O2/c1-6-4-5-9(12(17,18)19)11(10(6)16,13-7(2)14)20-8(3)15;1-2(3)4/h4-5,9,16H,1-3H3,(H,13,14)(H2,17,18,19);1H3,(H,3,4). The molecule has 1 aliphatic carbocycles. The molecular weight excluding hydrogens is 389 g/mol. The smallest absolute Gasteiger partial charge is 0.300 e. The van der Waals surface area contributed by atoms with Crippen LogP contribution in [0.25, 0.3) is 0 Å². The Morgan fingerprint density at radius 1 is 1.25 bits per heavy atom. The molecule has 10 nitrogen and oxygen atoms in total. The van der Waals surface area contributed by atoms with E-state index < -0.39 is 48.2 Å². The van der Waals surface area contributed by atoms with E-state index in [0.29, 0.717) is 0 Å². The van der Waals surface area contributed by atoms with Crippen LogP contribution in [0.2, 0.25) is 4.71 Å². The first kappa shape index (κ1) is 22.0. The van der Waals surface area contributed by atoms with Gasteiger partial charge in [-0.3, -0.25) is 4.79 Å². The molecule has 2 atom stereocenters. The van der Waals surface area contributed by atoms with Crippen molar-refractivity contribution in [2.45, 2.75) is 38.1 Å². The summed E-state index contributed by atoms with van der Waals surface area (Å²) in [5.41, 5.74) is -2.06. The number of aliphatic hydroxyl groups is 1. The van der Waals surface area contributed by atoms with Gasteiger partial charge in [-0.25, -0.2) is 0 Å². The van der Waals surface area contributed by atoms with Gasteiger partial charge < -0.3 is 5.11 Å². The second-order valence-corrected chi connectivity index (χ2v) is 8.59. The van der Waals surface area contributed by atoms with Gasteiger partial charge in [-0.05, 0) is 0 Å². The number of nitrogens with one attached hydrogen (secondary N) is 1. The molecule has 1 aliphatic rings. The number of carbonyl (C=O) groups excluding carboxylic acids is 2. The molecule has 0 bridgehead atoms. The zero-order valence-corrected chi connectivity index (χ0v) is 15.4. The largest absolute Gasteiger partial charge is 0.481 e. The van der Waals surface area contributed by atoms with Crippen LogP contribution in [0.5, 0.6) is 0 Å². The van der Waals surface area contributed by atoms with E-state index >= 15 is 0 Å². The number of carbonyl (C=O) groups is 3. The molecule has 0 aliphatic heterocycles. The van der Waals surface area contributed by atoms with Gasteiger partial charge in [0.2, 0.25) is 0 Å². The van der Waals surface area contributed by atoms with E-state index in [9.17, 15) is 26.6 Å². The maximum Gasteiger partial charge on any atom is 0.300 e. The molecule has 136 valence electrons. The molecule has 0 fully saturated rings. The Morgan fingerprint density at radius 2 is 1.71 bits per heavy atom. The molecule has 5 N–H and O–H groups in total. The number of rotatable bonds is 3. The summed E-state index contributed by atoms with van der Waals surface area (Å²) in [5.74, 6) is -3.06. The Hall–Kier alpha value is -2.03. The van der Waals surface area contributed by atoms with Gasteiger partial charge in [-0.15, -0.1) is 0 Å². The number of hydrogen-bond acceptors (Lipinski definition) is 6. The maximum atomic E-state index is 11.6. The first-order valence-corrected chi connectivity index (χ1v) is 10.1. The van der Waals surface area contributed by atoms with Crippen molar-refractivity contribution in [3.05, 3.63) is 23.5 Å². The summed E-state index contributed by atoms with van der Waals surface area (Å²) < 4.78 is 33.8. The molecule has 0 aromatic carbocycles. The van der Waals surface area contributed by atoms with Crippen LogP contribution < -0.4 is 5.32 Å². The Morgan fingerprint density at radius 3 is 2.04 bits per heavy atom. The van der Waals surface area contributed by atoms with Gasteiger partial charge >= 0.3 is 117 Å². The fourth-order valence-corrected chi connectivity index (χ4v) is 4.13. The topological polar surface area (TPSA) is 170 Å². The summed E-state index contributed by atoms with van der Waals surface area (Å²) >= 11 is -5.49. The zero-order valence-electron chi connectivity index (χ0n) is 13.5. The van der Waals surface area contributed by atoms with E-state index in [-0.39, 0.29) is 5.57 Å². The van der Waals surface area contributed by atoms with Crippen LogP contribution in [0.1, 0.15) is 27.7 Å². The summed E-state index contributed by atoms with van der Waals surface area (Å²) in [5, 5.41) is 19.7. The maximum absolute atomic E-state index is 11.6. The Labute approximate surface area is 140 Å². The first-order chi connectivity index (χ1) is 10.7. The van der Waals surface area contributed by atoms with Crippen molar-refractivity contribution in [2.24, 2.45) is 0 Å². The predicted octanol–water partition coefficient (Wildman–Crippen LogP) is -0.401. The van der Waals surface area contributed by atoms with Crippen LogP contribution in [0.15, 0.2) is 23.5 Å². The minimum atomic E-state index is -5.49. The van der Waals surface area contributed by atoms with E-state index in [0.717, 1.165) is 26.8 Å². The molecule has 0 aromatic rings. The second-order valence-electron chi connectivity index (χ2n) is 4.95. The van der Waals surface area contributed by atoms with Gasteiger partial charge in [-0.1, -0.05) is 0 Å². The van der Waals surface area contributed by atoms with E-state index in [1.54, 1.807) is 0 Å². The predicted molar refractivity (Wildman–Crippen MR) is 80.7 cm³/mol. The molecule has 0 spiro atoms. The summed E-state index contributed by atoms with van der Waals surface area (Å²) in [4.78, 5) is 31.6. The molecule has 11 heteroatoms. The molecule has 1 amide bonds. The van der Waals surface area contributed by atoms with Crippen molar-refractivity contribution in [3.63, 3.8) is 0 Å². The number of esters is 1. The molecule has 2 unspecified atom stereocenters. The van der Waals surface area contributed by atoms with Crippen molar-refractivity contribution in [1.82, 2.24) is 5.32 Å². The SMILES string of the molecule is CC(=O)NC1(OC(C)=O)C(O)=C(C)C=CC1[As](=O)(O)O.CC(=O)O. The van der Waals surface area contributed by atoms with Gasteiger partial charge in [0.25, 0.3) is 5.97 Å². The molecule has 0 aromatic heterocycles. The Bertz CT molecular complexity index is 611. The average molecular weight is 409 g/mol. The minimum absolute atomic E-state index is 0.222. The molecule has 0 radical (unpaired) electrons. The van der Waals surface area contributed by atoms with E-state index in [1.165, 1.54) is 13.0 Å². The van der Waals surface area contributed by atoms with Gasteiger partial charge in [-0.2, -0.15) is 0 Å². The fraction of sp³-hybridized carbons (Fsp3) is 0.462. The van der Waals surface area contributed by atoms with Crippen LogP contribution in [-0.4, -0.2) is 56.1 Å². The number of aliphatic carboxylic acids is 1. The average Bonchev–Trinajstić information content (AvgIpc) is 2.31. The summed E-state index contributed by atoms with van der Waals surface area (Å²) in [7, 11) is 0. The Balaban J connectivity index is 0.00000118. The van der Waals surface area contributed by atoms with Crippen LogP contribution in [0.4, 0.5) is 0 Å². The van der Waals surface area contributed by atoms with Gasteiger partial charge in [0, 0.05) is 6.92 Å². The number of carboxylic acid groups (broad SMARTS) is 1. The molecule has 0 saturated heterocycles. The number of ether oxygens (including phenoxy) is 1. The number of hydrogen-bond donors (Lipinski definition) is 5. The molecule has 1 rings (SSSR count). The van der Waals surface area contributed by atoms with Crippen LogP contribution in [-0.2, 0) is 22.9 Å². The van der Waals surface area contributed by atoms with Gasteiger partial charge in [0.15, 0.2) is 0 Å². The number of amides is 1. The minimum Gasteiger partial charge on any atom is -0.481 e. The van der Waals surface area contributed by atoms with Crippen molar-refractivity contribution in [1.29, 1.82) is 0 Å². The normalized spacial score (nSPS) is 23.0. The third-order valence-electron chi connectivity index (χ3n) is 2.70. The van der Waals surface area contributed by atoms with Crippen LogP contribution >= 0.6 is 0 Å². The molecular formula is C13H20AsNO9. The van der Waals surface area contributed by atoms with E-state index in [1.807, 2.05) is 0 Å². The monoisotopic (exact) mass is 409 g/mol. The summed E-state index contributed by atoms with van der Waals surface area (Å²) in [6.45, 7) is 4.62. The van der Waals surface area contributed by atoms with Gasteiger partial charge in [0.05, 0.1) is 0 Å². The van der Waals surface area contributed by atoms with Crippen LogP contribution in [0.3, 0.4) is 0 Å².